The first-order valence-corrected chi connectivity index (χ1v) is 15.5. The van der Waals surface area contributed by atoms with E-state index in [1.54, 1.807) is 4.31 Å². The van der Waals surface area contributed by atoms with Crippen molar-refractivity contribution in [1.82, 2.24) is 19.5 Å². The molecule has 0 bridgehead atoms. The summed E-state index contributed by atoms with van der Waals surface area (Å²) in [6.45, 7) is 4.78. The van der Waals surface area contributed by atoms with Gasteiger partial charge in [0.15, 0.2) is 0 Å². The van der Waals surface area contributed by atoms with Crippen molar-refractivity contribution in [3.63, 3.8) is 0 Å². The van der Waals surface area contributed by atoms with E-state index in [9.17, 15) is 13.2 Å². The number of carbonyl (C=O) groups excluding carboxylic acids is 1. The molecule has 0 spiro atoms. The molecule has 39 heavy (non-hydrogen) atoms. The molecule has 2 N–H and O–H groups in total. The predicted molar refractivity (Wildman–Crippen MR) is 152 cm³/mol. The monoisotopic (exact) mass is 549 g/mol. The number of anilines is 1. The third kappa shape index (κ3) is 5.79. The molecule has 2 saturated heterocycles. The molecule has 6 rings (SSSR count). The van der Waals surface area contributed by atoms with Gasteiger partial charge in [-0.05, 0) is 48.3 Å². The second-order valence-corrected chi connectivity index (χ2v) is 12.8. The van der Waals surface area contributed by atoms with Gasteiger partial charge in [0.05, 0.1) is 30.9 Å². The molecule has 10 heteroatoms. The van der Waals surface area contributed by atoms with E-state index in [4.69, 9.17) is 9.72 Å². The van der Waals surface area contributed by atoms with Gasteiger partial charge in [0.25, 0.3) is 0 Å². The second kappa shape index (κ2) is 10.8. The quantitative estimate of drug-likeness (QED) is 0.466. The first-order chi connectivity index (χ1) is 18.9. The summed E-state index contributed by atoms with van der Waals surface area (Å²) in [5, 5.41) is 8.08. The van der Waals surface area contributed by atoms with Crippen molar-refractivity contribution in [3.8, 4) is 11.1 Å². The third-order valence-electron chi connectivity index (χ3n) is 8.12. The zero-order valence-electron chi connectivity index (χ0n) is 22.2. The van der Waals surface area contributed by atoms with Crippen molar-refractivity contribution in [2.75, 3.05) is 44.4 Å². The fraction of sp³-hybridized carbons (Fsp3) is 0.448. The minimum Gasteiger partial charge on any atom is -0.379 e. The molecule has 2 amide bonds. The number of urea groups is 1. The van der Waals surface area contributed by atoms with E-state index in [2.05, 4.69) is 33.7 Å². The number of hydrogen-bond acceptors (Lipinski definition) is 6. The largest absolute Gasteiger partial charge is 0.379 e. The van der Waals surface area contributed by atoms with E-state index >= 15 is 0 Å². The Hall–Kier alpha value is -3.05. The van der Waals surface area contributed by atoms with Crippen LogP contribution in [0.15, 0.2) is 54.7 Å². The summed E-state index contributed by atoms with van der Waals surface area (Å²) < 4.78 is 31.3. The molecule has 3 fully saturated rings. The van der Waals surface area contributed by atoms with E-state index in [-0.39, 0.29) is 24.0 Å². The van der Waals surface area contributed by atoms with Crippen LogP contribution < -0.4 is 10.6 Å². The van der Waals surface area contributed by atoms with Crippen molar-refractivity contribution in [1.29, 1.82) is 0 Å². The Bertz CT molecular complexity index is 1460. The van der Waals surface area contributed by atoms with Crippen molar-refractivity contribution in [2.45, 2.75) is 37.9 Å². The third-order valence-corrected chi connectivity index (χ3v) is 9.43. The number of nitrogens with one attached hydrogen (secondary N) is 2. The van der Waals surface area contributed by atoms with Crippen LogP contribution in [-0.2, 0) is 21.3 Å². The number of morpholine rings is 1. The molecule has 3 unspecified atom stereocenters. The first-order valence-electron chi connectivity index (χ1n) is 13.7. The van der Waals surface area contributed by atoms with Gasteiger partial charge in [-0.3, -0.25) is 9.88 Å². The van der Waals surface area contributed by atoms with Gasteiger partial charge < -0.3 is 15.4 Å². The number of hydrogen-bond donors (Lipinski definition) is 2. The highest BCUT2D eigenvalue weighted by molar-refractivity contribution is 7.88. The van der Waals surface area contributed by atoms with Crippen LogP contribution in [0.5, 0.6) is 0 Å². The Morgan fingerprint density at radius 1 is 1.05 bits per heavy atom. The molecule has 2 aliphatic heterocycles. The molecule has 206 valence electrons. The molecular formula is C29H35N5O4S. The molecule has 3 atom stereocenters. The number of benzene rings is 2. The van der Waals surface area contributed by atoms with Gasteiger partial charge >= 0.3 is 6.03 Å². The van der Waals surface area contributed by atoms with Crippen LogP contribution in [0.3, 0.4) is 0 Å². The number of pyridine rings is 1. The lowest BCUT2D eigenvalue weighted by atomic mass is 9.98. The molecule has 3 heterocycles. The number of ether oxygens (including phenoxy) is 1. The summed E-state index contributed by atoms with van der Waals surface area (Å²) in [4.78, 5) is 20.0. The number of aromatic nitrogens is 1. The normalized spacial score (nSPS) is 24.1. The van der Waals surface area contributed by atoms with Crippen LogP contribution >= 0.6 is 0 Å². The van der Waals surface area contributed by atoms with E-state index < -0.39 is 10.0 Å². The predicted octanol–water partition coefficient (Wildman–Crippen LogP) is 3.67. The topological polar surface area (TPSA) is 104 Å². The van der Waals surface area contributed by atoms with E-state index in [1.807, 2.05) is 36.5 Å². The van der Waals surface area contributed by atoms with Crippen LogP contribution in [-0.4, -0.2) is 79.8 Å². The highest BCUT2D eigenvalue weighted by atomic mass is 32.2. The summed E-state index contributed by atoms with van der Waals surface area (Å²) in [7, 11) is -3.22. The van der Waals surface area contributed by atoms with Gasteiger partial charge in [0.2, 0.25) is 10.0 Å². The van der Waals surface area contributed by atoms with Gasteiger partial charge in [-0.2, -0.15) is 4.31 Å². The zero-order valence-corrected chi connectivity index (χ0v) is 23.0. The Labute approximate surface area is 229 Å². The summed E-state index contributed by atoms with van der Waals surface area (Å²) in [5.74, 6) is 0.172. The van der Waals surface area contributed by atoms with E-state index in [1.165, 1.54) is 6.26 Å². The van der Waals surface area contributed by atoms with Gasteiger partial charge in [-0.25, -0.2) is 13.2 Å². The minimum atomic E-state index is -3.22. The number of rotatable bonds is 7. The van der Waals surface area contributed by atoms with Gasteiger partial charge in [0, 0.05) is 55.4 Å². The lowest BCUT2D eigenvalue weighted by molar-refractivity contribution is 0.0336. The smallest absolute Gasteiger partial charge is 0.319 e. The number of fused-ring (bicyclic) bond motifs is 1. The van der Waals surface area contributed by atoms with Crippen LogP contribution in [0.25, 0.3) is 21.9 Å². The number of amides is 2. The standard InChI is InChI=1S/C29H35N5O4S/c1-39(36,37)34-12-4-7-28(34)25-17-27(25)32-29(35)31-26-11-10-22(23-5-2-3-6-24(23)26)20-8-9-21(30-18-20)19-33-13-15-38-16-14-33/h2-3,5-6,8-11,18,25,27-28H,4,7,12-17,19H2,1H3,(H2,31,32,35). The van der Waals surface area contributed by atoms with Crippen molar-refractivity contribution in [2.24, 2.45) is 5.92 Å². The molecule has 0 radical (unpaired) electrons. The van der Waals surface area contributed by atoms with Crippen LogP contribution in [0.2, 0.25) is 0 Å². The molecular weight excluding hydrogens is 514 g/mol. The number of sulfonamides is 1. The molecule has 1 aliphatic carbocycles. The Balaban J connectivity index is 1.13. The van der Waals surface area contributed by atoms with Crippen LogP contribution in [0.4, 0.5) is 10.5 Å². The summed E-state index contributed by atoms with van der Waals surface area (Å²) >= 11 is 0. The molecule has 9 nitrogen and oxygen atoms in total. The summed E-state index contributed by atoms with van der Waals surface area (Å²) in [6.07, 6.45) is 5.73. The molecule has 3 aliphatic rings. The maximum Gasteiger partial charge on any atom is 0.319 e. The second-order valence-electron chi connectivity index (χ2n) is 10.8. The highest BCUT2D eigenvalue weighted by Gasteiger charge is 2.49. The highest BCUT2D eigenvalue weighted by Crippen LogP contribution is 2.41. The van der Waals surface area contributed by atoms with Crippen LogP contribution in [0.1, 0.15) is 25.0 Å². The minimum absolute atomic E-state index is 0.00932. The fourth-order valence-corrected chi connectivity index (χ4v) is 7.28. The Morgan fingerprint density at radius 2 is 1.85 bits per heavy atom. The lowest BCUT2D eigenvalue weighted by Gasteiger charge is -2.26. The SMILES string of the molecule is CS(=O)(=O)N1CCCC1C1CC1NC(=O)Nc1ccc(-c2ccc(CN3CCOCC3)nc2)c2ccccc12. The maximum atomic E-state index is 12.9. The fourth-order valence-electron chi connectivity index (χ4n) is 6.06. The summed E-state index contributed by atoms with van der Waals surface area (Å²) in [6, 6.07) is 15.9. The van der Waals surface area contributed by atoms with E-state index in [0.29, 0.717) is 6.54 Å². The molecule has 1 saturated carbocycles. The molecule has 3 aromatic rings. The van der Waals surface area contributed by atoms with E-state index in [0.717, 1.165) is 85.4 Å². The molecule has 1 aromatic heterocycles. The van der Waals surface area contributed by atoms with Crippen molar-refractivity contribution in [3.05, 3.63) is 60.4 Å². The van der Waals surface area contributed by atoms with Crippen molar-refractivity contribution < 1.29 is 17.9 Å². The first kappa shape index (κ1) is 26.2. The average Bonchev–Trinajstić information content (AvgIpc) is 3.48. The van der Waals surface area contributed by atoms with Crippen LogP contribution in [0, 0.1) is 5.92 Å². The molecule has 2 aromatic carbocycles. The number of carbonyl (C=O) groups is 1. The maximum absolute atomic E-state index is 12.9. The van der Waals surface area contributed by atoms with Gasteiger partial charge in [-0.1, -0.05) is 36.4 Å². The van der Waals surface area contributed by atoms with Crippen molar-refractivity contribution >= 4 is 32.5 Å². The Kier molecular flexibility index (Phi) is 7.28. The van der Waals surface area contributed by atoms with Gasteiger partial charge in [0.1, 0.15) is 0 Å². The Morgan fingerprint density at radius 3 is 2.59 bits per heavy atom. The number of nitrogens with zero attached hydrogens (tertiary/aromatic N) is 3. The summed E-state index contributed by atoms with van der Waals surface area (Å²) in [5.41, 5.74) is 3.86. The van der Waals surface area contributed by atoms with Gasteiger partial charge in [-0.15, -0.1) is 0 Å². The lowest BCUT2D eigenvalue weighted by Crippen LogP contribution is -2.39. The zero-order chi connectivity index (χ0) is 27.0. The average molecular weight is 550 g/mol.